The number of benzene rings is 2. The first-order valence-corrected chi connectivity index (χ1v) is 8.32. The molecule has 1 heterocycles. The van der Waals surface area contributed by atoms with Crippen LogP contribution in [0.15, 0.2) is 36.4 Å². The SMILES string of the molecule is Cc1cc(C)c(N[C@H]2CC(=O)N(c3ccc(C(=O)O)cc3)C2=O)c(C)c1. The highest BCUT2D eigenvalue weighted by Crippen LogP contribution is 2.28. The lowest BCUT2D eigenvalue weighted by atomic mass is 10.0. The van der Waals surface area contributed by atoms with E-state index in [1.54, 1.807) is 0 Å². The molecule has 1 fully saturated rings. The van der Waals surface area contributed by atoms with Gasteiger partial charge in [-0.25, -0.2) is 9.69 Å². The van der Waals surface area contributed by atoms with Crippen LogP contribution < -0.4 is 10.2 Å². The van der Waals surface area contributed by atoms with Crippen LogP contribution in [0.2, 0.25) is 0 Å². The second-order valence-corrected chi connectivity index (χ2v) is 6.59. The molecule has 0 aliphatic carbocycles. The van der Waals surface area contributed by atoms with Gasteiger partial charge in [-0.15, -0.1) is 0 Å². The fraction of sp³-hybridized carbons (Fsp3) is 0.250. The molecule has 2 aromatic rings. The van der Waals surface area contributed by atoms with Crippen LogP contribution in [0.25, 0.3) is 0 Å². The summed E-state index contributed by atoms with van der Waals surface area (Å²) >= 11 is 0. The lowest BCUT2D eigenvalue weighted by Gasteiger charge is -2.19. The molecule has 2 N–H and O–H groups in total. The second kappa shape index (κ2) is 6.63. The Labute approximate surface area is 151 Å². The number of nitrogens with one attached hydrogen (secondary N) is 1. The normalized spacial score (nSPS) is 16.9. The highest BCUT2D eigenvalue weighted by atomic mass is 16.4. The van der Waals surface area contributed by atoms with E-state index in [4.69, 9.17) is 5.11 Å². The quantitative estimate of drug-likeness (QED) is 0.826. The first-order chi connectivity index (χ1) is 12.3. The van der Waals surface area contributed by atoms with Gasteiger partial charge in [-0.05, 0) is 56.2 Å². The van der Waals surface area contributed by atoms with Crippen LogP contribution >= 0.6 is 0 Å². The Hall–Kier alpha value is -3.15. The summed E-state index contributed by atoms with van der Waals surface area (Å²) in [6, 6.07) is 9.13. The van der Waals surface area contributed by atoms with Gasteiger partial charge in [0, 0.05) is 5.69 Å². The molecule has 0 bridgehead atoms. The lowest BCUT2D eigenvalue weighted by molar-refractivity contribution is -0.121. The number of carbonyl (C=O) groups is 3. The van der Waals surface area contributed by atoms with E-state index < -0.39 is 12.0 Å². The number of nitrogens with zero attached hydrogens (tertiary/aromatic N) is 1. The van der Waals surface area contributed by atoms with Crippen molar-refractivity contribution >= 4 is 29.2 Å². The average Bonchev–Trinajstić information content (AvgIpc) is 2.84. The number of imide groups is 1. The Bertz CT molecular complexity index is 880. The number of aromatic carboxylic acids is 1. The molecule has 0 saturated carbocycles. The van der Waals surface area contributed by atoms with Crippen molar-refractivity contribution in [3.05, 3.63) is 58.7 Å². The standard InChI is InChI=1S/C20H20N2O4/c1-11-8-12(2)18(13(3)9-11)21-16-10-17(23)22(19(16)24)15-6-4-14(5-7-15)20(25)26/h4-9,16,21H,10H2,1-3H3,(H,25,26)/t16-/m0/s1. The third kappa shape index (κ3) is 3.18. The molecule has 1 saturated heterocycles. The minimum absolute atomic E-state index is 0.0618. The summed E-state index contributed by atoms with van der Waals surface area (Å²) in [6.07, 6.45) is 0.0618. The Morgan fingerprint density at radius 3 is 2.19 bits per heavy atom. The molecule has 0 radical (unpaired) electrons. The average molecular weight is 352 g/mol. The Kier molecular flexibility index (Phi) is 4.50. The largest absolute Gasteiger partial charge is 0.478 e. The van der Waals surface area contributed by atoms with Gasteiger partial charge >= 0.3 is 5.97 Å². The molecule has 2 aromatic carbocycles. The highest BCUT2D eigenvalue weighted by molar-refractivity contribution is 6.23. The van der Waals surface area contributed by atoms with Crippen LogP contribution in [0.5, 0.6) is 0 Å². The van der Waals surface area contributed by atoms with E-state index in [2.05, 4.69) is 5.32 Å². The van der Waals surface area contributed by atoms with Gasteiger partial charge in [0.1, 0.15) is 6.04 Å². The minimum atomic E-state index is -1.06. The lowest BCUT2D eigenvalue weighted by Crippen LogP contribution is -2.35. The minimum Gasteiger partial charge on any atom is -0.478 e. The number of aryl methyl sites for hydroxylation is 3. The van der Waals surface area contributed by atoms with Crippen molar-refractivity contribution in [2.75, 3.05) is 10.2 Å². The third-order valence-electron chi connectivity index (χ3n) is 4.51. The van der Waals surface area contributed by atoms with Gasteiger partial charge in [-0.2, -0.15) is 0 Å². The number of hydrogen-bond acceptors (Lipinski definition) is 4. The van der Waals surface area contributed by atoms with Crippen LogP contribution in [-0.2, 0) is 9.59 Å². The molecule has 26 heavy (non-hydrogen) atoms. The predicted octanol–water partition coefficient (Wildman–Crippen LogP) is 3.05. The Morgan fingerprint density at radius 2 is 1.65 bits per heavy atom. The molecule has 2 amide bonds. The van der Waals surface area contributed by atoms with Crippen LogP contribution in [0.4, 0.5) is 11.4 Å². The maximum atomic E-state index is 12.8. The van der Waals surface area contributed by atoms with Crippen molar-refractivity contribution in [2.24, 2.45) is 0 Å². The number of carbonyl (C=O) groups excluding carboxylic acids is 2. The monoisotopic (exact) mass is 352 g/mol. The maximum Gasteiger partial charge on any atom is 0.335 e. The second-order valence-electron chi connectivity index (χ2n) is 6.59. The molecule has 1 aliphatic rings. The van der Waals surface area contributed by atoms with E-state index in [1.807, 2.05) is 32.9 Å². The third-order valence-corrected chi connectivity index (χ3v) is 4.51. The van der Waals surface area contributed by atoms with Crippen molar-refractivity contribution in [1.29, 1.82) is 0 Å². The summed E-state index contributed by atoms with van der Waals surface area (Å²) in [5, 5.41) is 12.2. The molecule has 6 heteroatoms. The number of carboxylic acid groups (broad SMARTS) is 1. The number of carboxylic acids is 1. The van der Waals surface area contributed by atoms with Crippen LogP contribution in [0.1, 0.15) is 33.5 Å². The summed E-state index contributed by atoms with van der Waals surface area (Å²) in [5.74, 6) is -1.70. The smallest absolute Gasteiger partial charge is 0.335 e. The summed E-state index contributed by atoms with van der Waals surface area (Å²) in [5.41, 5.74) is 4.53. The summed E-state index contributed by atoms with van der Waals surface area (Å²) in [7, 11) is 0. The topological polar surface area (TPSA) is 86.7 Å². The van der Waals surface area contributed by atoms with E-state index in [9.17, 15) is 14.4 Å². The summed E-state index contributed by atoms with van der Waals surface area (Å²) in [4.78, 5) is 37.2. The van der Waals surface area contributed by atoms with E-state index >= 15 is 0 Å². The molecule has 3 rings (SSSR count). The molecule has 0 unspecified atom stereocenters. The van der Waals surface area contributed by atoms with Gasteiger partial charge in [-0.1, -0.05) is 17.7 Å². The van der Waals surface area contributed by atoms with Crippen molar-refractivity contribution in [3.63, 3.8) is 0 Å². The predicted molar refractivity (Wildman–Crippen MR) is 98.6 cm³/mol. The van der Waals surface area contributed by atoms with Gasteiger partial charge in [-0.3, -0.25) is 9.59 Å². The zero-order valence-electron chi connectivity index (χ0n) is 14.9. The van der Waals surface area contributed by atoms with Crippen molar-refractivity contribution < 1.29 is 19.5 Å². The van der Waals surface area contributed by atoms with Gasteiger partial charge in [0.25, 0.3) is 5.91 Å². The fourth-order valence-corrected chi connectivity index (χ4v) is 3.35. The van der Waals surface area contributed by atoms with Crippen molar-refractivity contribution in [3.8, 4) is 0 Å². The van der Waals surface area contributed by atoms with Crippen molar-refractivity contribution in [1.82, 2.24) is 0 Å². The molecule has 1 aliphatic heterocycles. The van der Waals surface area contributed by atoms with E-state index in [0.717, 1.165) is 27.3 Å². The first-order valence-electron chi connectivity index (χ1n) is 8.32. The molecule has 134 valence electrons. The Morgan fingerprint density at radius 1 is 1.08 bits per heavy atom. The highest BCUT2D eigenvalue weighted by Gasteiger charge is 2.39. The van der Waals surface area contributed by atoms with E-state index in [1.165, 1.54) is 24.3 Å². The van der Waals surface area contributed by atoms with Crippen LogP contribution in [0, 0.1) is 20.8 Å². The summed E-state index contributed by atoms with van der Waals surface area (Å²) in [6.45, 7) is 5.94. The van der Waals surface area contributed by atoms with Gasteiger partial charge in [0.05, 0.1) is 17.7 Å². The van der Waals surface area contributed by atoms with Gasteiger partial charge < -0.3 is 10.4 Å². The molecular formula is C20H20N2O4. The molecule has 1 atom stereocenters. The number of amides is 2. The van der Waals surface area contributed by atoms with Crippen LogP contribution in [-0.4, -0.2) is 28.9 Å². The first kappa shape index (κ1) is 17.7. The summed E-state index contributed by atoms with van der Waals surface area (Å²) < 4.78 is 0. The van der Waals surface area contributed by atoms with Gasteiger partial charge in [0.2, 0.25) is 5.91 Å². The number of rotatable bonds is 4. The molecule has 0 spiro atoms. The molecular weight excluding hydrogens is 332 g/mol. The number of hydrogen-bond donors (Lipinski definition) is 2. The zero-order valence-corrected chi connectivity index (χ0v) is 14.9. The van der Waals surface area contributed by atoms with Gasteiger partial charge in [0.15, 0.2) is 0 Å². The molecule has 6 nitrogen and oxygen atoms in total. The fourth-order valence-electron chi connectivity index (χ4n) is 3.35. The van der Waals surface area contributed by atoms with E-state index in [-0.39, 0.29) is 23.8 Å². The molecule has 0 aromatic heterocycles. The Balaban J connectivity index is 1.84. The zero-order chi connectivity index (χ0) is 19.0. The van der Waals surface area contributed by atoms with Crippen molar-refractivity contribution in [2.45, 2.75) is 33.2 Å². The van der Waals surface area contributed by atoms with Crippen LogP contribution in [0.3, 0.4) is 0 Å². The van der Waals surface area contributed by atoms with E-state index in [0.29, 0.717) is 5.69 Å². The maximum absolute atomic E-state index is 12.8. The number of anilines is 2.